The zero-order valence-corrected chi connectivity index (χ0v) is 14.7. The molecule has 2 rings (SSSR count). The van der Waals surface area contributed by atoms with Crippen molar-refractivity contribution in [3.05, 3.63) is 35.4 Å². The molecule has 2 atom stereocenters. The highest BCUT2D eigenvalue weighted by Gasteiger charge is 2.37. The molecule has 0 heterocycles. The maximum Gasteiger partial charge on any atom is 0.225 e. The van der Waals surface area contributed by atoms with Crippen LogP contribution in [-0.2, 0) is 26.9 Å². The molecule has 128 valence electrons. The first-order chi connectivity index (χ1) is 10.7. The summed E-state index contributed by atoms with van der Waals surface area (Å²) in [5, 5.41) is 2.95. The number of sulfone groups is 1. The summed E-state index contributed by atoms with van der Waals surface area (Å²) < 4.78 is 22.7. The standard InChI is InChI=1S/C17H26N2O3S/c1-17(18)9-4-3-8-15(17)16(20)19-11-13-6-5-7-14(10-13)12-23(2,21)22/h5-7,10,15H,3-4,8-9,11-12,18H2,1-2H3,(H,19,20). The number of nitrogens with two attached hydrogens (primary N) is 1. The Balaban J connectivity index is 1.98. The van der Waals surface area contributed by atoms with Crippen molar-refractivity contribution in [3.8, 4) is 0 Å². The van der Waals surface area contributed by atoms with Crippen molar-refractivity contribution < 1.29 is 13.2 Å². The van der Waals surface area contributed by atoms with Crippen LogP contribution >= 0.6 is 0 Å². The topological polar surface area (TPSA) is 89.3 Å². The van der Waals surface area contributed by atoms with Gasteiger partial charge < -0.3 is 11.1 Å². The summed E-state index contributed by atoms with van der Waals surface area (Å²) in [5.74, 6) is -0.156. The Kier molecular flexibility index (Phi) is 5.47. The highest BCUT2D eigenvalue weighted by Crippen LogP contribution is 2.31. The second-order valence-electron chi connectivity index (χ2n) is 6.91. The van der Waals surface area contributed by atoms with Crippen LogP contribution < -0.4 is 11.1 Å². The molecule has 0 bridgehead atoms. The van der Waals surface area contributed by atoms with Crippen LogP contribution in [0.25, 0.3) is 0 Å². The Bertz CT molecular complexity index is 668. The van der Waals surface area contributed by atoms with E-state index < -0.39 is 15.4 Å². The molecule has 1 aliphatic carbocycles. The fourth-order valence-corrected chi connectivity index (χ4v) is 4.02. The van der Waals surface area contributed by atoms with Crippen molar-refractivity contribution in [3.63, 3.8) is 0 Å². The van der Waals surface area contributed by atoms with Crippen LogP contribution in [0, 0.1) is 5.92 Å². The molecule has 6 heteroatoms. The first-order valence-electron chi connectivity index (χ1n) is 7.99. The van der Waals surface area contributed by atoms with Gasteiger partial charge in [-0.1, -0.05) is 37.1 Å². The summed E-state index contributed by atoms with van der Waals surface area (Å²) >= 11 is 0. The fourth-order valence-electron chi connectivity index (χ4n) is 3.23. The lowest BCUT2D eigenvalue weighted by molar-refractivity contribution is -0.128. The van der Waals surface area contributed by atoms with Crippen molar-refractivity contribution in [2.24, 2.45) is 11.7 Å². The third-order valence-corrected chi connectivity index (χ3v) is 5.32. The number of nitrogens with one attached hydrogen (secondary N) is 1. The molecule has 0 saturated heterocycles. The van der Waals surface area contributed by atoms with E-state index in [1.165, 1.54) is 6.26 Å². The van der Waals surface area contributed by atoms with E-state index in [1.807, 2.05) is 25.1 Å². The molecule has 0 radical (unpaired) electrons. The summed E-state index contributed by atoms with van der Waals surface area (Å²) in [6.45, 7) is 2.34. The van der Waals surface area contributed by atoms with Gasteiger partial charge in [-0.05, 0) is 30.9 Å². The van der Waals surface area contributed by atoms with Crippen molar-refractivity contribution in [1.82, 2.24) is 5.32 Å². The Hall–Kier alpha value is -1.40. The molecule has 5 nitrogen and oxygen atoms in total. The smallest absolute Gasteiger partial charge is 0.225 e. The van der Waals surface area contributed by atoms with E-state index in [0.29, 0.717) is 6.54 Å². The fraction of sp³-hybridized carbons (Fsp3) is 0.588. The normalized spacial score (nSPS) is 25.1. The van der Waals surface area contributed by atoms with Crippen LogP contribution in [0.4, 0.5) is 0 Å². The van der Waals surface area contributed by atoms with E-state index in [4.69, 9.17) is 5.73 Å². The molecule has 1 aromatic carbocycles. The predicted octanol–water partition coefficient (Wildman–Crippen LogP) is 1.75. The maximum atomic E-state index is 12.4. The minimum atomic E-state index is -3.06. The first kappa shape index (κ1) is 17.9. The predicted molar refractivity (Wildman–Crippen MR) is 91.4 cm³/mol. The van der Waals surface area contributed by atoms with E-state index in [-0.39, 0.29) is 17.6 Å². The SMILES string of the molecule is CC1(N)CCCCC1C(=O)NCc1cccc(CS(C)(=O)=O)c1. The Morgan fingerprint density at radius 2 is 2.04 bits per heavy atom. The molecule has 1 aromatic rings. The van der Waals surface area contributed by atoms with E-state index in [1.54, 1.807) is 6.07 Å². The highest BCUT2D eigenvalue weighted by atomic mass is 32.2. The Morgan fingerprint density at radius 1 is 1.35 bits per heavy atom. The number of carbonyl (C=O) groups is 1. The van der Waals surface area contributed by atoms with Gasteiger partial charge in [0, 0.05) is 18.3 Å². The van der Waals surface area contributed by atoms with Gasteiger partial charge in [-0.15, -0.1) is 0 Å². The number of benzene rings is 1. The minimum absolute atomic E-state index is 0.0109. The lowest BCUT2D eigenvalue weighted by atomic mass is 9.74. The Labute approximate surface area is 138 Å². The molecule has 1 fully saturated rings. The van der Waals surface area contributed by atoms with Gasteiger partial charge in [-0.3, -0.25) is 4.79 Å². The van der Waals surface area contributed by atoms with Gasteiger partial charge in [0.2, 0.25) is 5.91 Å². The molecule has 0 aliphatic heterocycles. The quantitative estimate of drug-likeness (QED) is 0.856. The van der Waals surface area contributed by atoms with Gasteiger partial charge in [0.25, 0.3) is 0 Å². The van der Waals surface area contributed by atoms with E-state index >= 15 is 0 Å². The zero-order chi connectivity index (χ0) is 17.1. The largest absolute Gasteiger partial charge is 0.352 e. The molecule has 1 aliphatic rings. The second-order valence-corrected chi connectivity index (χ2v) is 9.05. The third kappa shape index (κ3) is 5.32. The number of rotatable bonds is 5. The van der Waals surface area contributed by atoms with E-state index in [0.717, 1.165) is 36.8 Å². The summed E-state index contributed by atoms with van der Waals surface area (Å²) in [7, 11) is -3.06. The lowest BCUT2D eigenvalue weighted by Gasteiger charge is -2.37. The lowest BCUT2D eigenvalue weighted by Crippen LogP contribution is -2.52. The summed E-state index contributed by atoms with van der Waals surface area (Å²) in [6.07, 6.45) is 5.02. The molecule has 2 unspecified atom stereocenters. The van der Waals surface area contributed by atoms with Gasteiger partial charge in [0.05, 0.1) is 11.7 Å². The third-order valence-electron chi connectivity index (χ3n) is 4.46. The van der Waals surface area contributed by atoms with Gasteiger partial charge in [-0.25, -0.2) is 8.42 Å². The van der Waals surface area contributed by atoms with Crippen molar-refractivity contribution in [2.75, 3.05) is 6.26 Å². The van der Waals surface area contributed by atoms with E-state index in [9.17, 15) is 13.2 Å². The number of hydrogen-bond donors (Lipinski definition) is 2. The van der Waals surface area contributed by atoms with Crippen LogP contribution in [0.1, 0.15) is 43.7 Å². The van der Waals surface area contributed by atoms with Crippen LogP contribution in [0.5, 0.6) is 0 Å². The van der Waals surface area contributed by atoms with Crippen LogP contribution in [0.3, 0.4) is 0 Å². The average Bonchev–Trinajstić information content (AvgIpc) is 2.43. The van der Waals surface area contributed by atoms with Crippen molar-refractivity contribution in [2.45, 2.75) is 50.4 Å². The van der Waals surface area contributed by atoms with Crippen LogP contribution in [0.2, 0.25) is 0 Å². The minimum Gasteiger partial charge on any atom is -0.352 e. The summed E-state index contributed by atoms with van der Waals surface area (Å²) in [4.78, 5) is 12.4. The number of hydrogen-bond acceptors (Lipinski definition) is 4. The van der Waals surface area contributed by atoms with Gasteiger partial charge in [0.15, 0.2) is 9.84 Å². The molecule has 1 saturated carbocycles. The molecular weight excluding hydrogens is 312 g/mol. The van der Waals surface area contributed by atoms with Gasteiger partial charge in [-0.2, -0.15) is 0 Å². The first-order valence-corrected chi connectivity index (χ1v) is 10.1. The second kappa shape index (κ2) is 7.01. The highest BCUT2D eigenvalue weighted by molar-refractivity contribution is 7.89. The van der Waals surface area contributed by atoms with Crippen molar-refractivity contribution >= 4 is 15.7 Å². The maximum absolute atomic E-state index is 12.4. The van der Waals surface area contributed by atoms with Gasteiger partial charge in [0.1, 0.15) is 0 Å². The molecular formula is C17H26N2O3S. The summed E-state index contributed by atoms with van der Waals surface area (Å²) in [5.41, 5.74) is 7.45. The zero-order valence-electron chi connectivity index (χ0n) is 13.8. The number of amides is 1. The van der Waals surface area contributed by atoms with E-state index in [2.05, 4.69) is 5.32 Å². The van der Waals surface area contributed by atoms with Crippen LogP contribution in [0.15, 0.2) is 24.3 Å². The van der Waals surface area contributed by atoms with Crippen LogP contribution in [-0.4, -0.2) is 26.1 Å². The molecule has 1 amide bonds. The summed E-state index contributed by atoms with van der Waals surface area (Å²) in [6, 6.07) is 7.30. The molecule has 23 heavy (non-hydrogen) atoms. The molecule has 0 spiro atoms. The number of carbonyl (C=O) groups excluding carboxylic acids is 1. The average molecular weight is 338 g/mol. The molecule has 0 aromatic heterocycles. The molecule has 3 N–H and O–H groups in total. The van der Waals surface area contributed by atoms with Gasteiger partial charge >= 0.3 is 0 Å². The van der Waals surface area contributed by atoms with Crippen molar-refractivity contribution in [1.29, 1.82) is 0 Å². The monoisotopic (exact) mass is 338 g/mol. The Morgan fingerprint density at radius 3 is 2.70 bits per heavy atom.